The number of H-pyrrole nitrogens is 1. The summed E-state index contributed by atoms with van der Waals surface area (Å²) in [7, 11) is 0. The van der Waals surface area contributed by atoms with Crippen molar-refractivity contribution in [2.45, 2.75) is 19.4 Å². The van der Waals surface area contributed by atoms with E-state index in [-0.39, 0.29) is 5.56 Å². The zero-order valence-corrected chi connectivity index (χ0v) is 15.8. The summed E-state index contributed by atoms with van der Waals surface area (Å²) in [5.74, 6) is 1.17. The Kier molecular flexibility index (Phi) is 5.60. The predicted octanol–water partition coefficient (Wildman–Crippen LogP) is 2.67. The first-order valence-electron chi connectivity index (χ1n) is 9.75. The molecule has 3 N–H and O–H groups in total. The Morgan fingerprint density at radius 3 is 2.82 bits per heavy atom. The van der Waals surface area contributed by atoms with Crippen LogP contribution in [0.1, 0.15) is 18.4 Å². The molecule has 144 valence electrons. The van der Waals surface area contributed by atoms with Crippen molar-refractivity contribution in [2.24, 2.45) is 11.7 Å². The monoisotopic (exact) mass is 375 g/mol. The van der Waals surface area contributed by atoms with Gasteiger partial charge >= 0.3 is 0 Å². The van der Waals surface area contributed by atoms with Crippen LogP contribution in [0.2, 0.25) is 0 Å². The van der Waals surface area contributed by atoms with Crippen LogP contribution in [0.15, 0.2) is 59.7 Å². The second-order valence-corrected chi connectivity index (χ2v) is 7.39. The molecule has 0 amide bonds. The molecule has 1 unspecified atom stereocenters. The number of nitrogens with zero attached hydrogens (tertiary/aromatic N) is 3. The number of likely N-dealkylation sites (tertiary alicyclic amines) is 1. The number of hydrogen-bond donors (Lipinski definition) is 2. The molecule has 0 bridgehead atoms. The standard InChI is InChI=1S/C22H25N5O/c23-13-17-4-2-10-27(15-17)14-16-3-1-5-19(11-16)22-25-20(12-21(28)26-22)18-6-8-24-9-7-18/h1,3,5-9,11-12,17H,2,4,10,13-15,23H2,(H,25,26,28). The van der Waals surface area contributed by atoms with Crippen LogP contribution >= 0.6 is 0 Å². The smallest absolute Gasteiger partial charge is 0.251 e. The van der Waals surface area contributed by atoms with Crippen LogP contribution in [0, 0.1) is 5.92 Å². The van der Waals surface area contributed by atoms with Crippen LogP contribution in [0.5, 0.6) is 0 Å². The second-order valence-electron chi connectivity index (χ2n) is 7.39. The third-order valence-electron chi connectivity index (χ3n) is 5.26. The lowest BCUT2D eigenvalue weighted by molar-refractivity contribution is 0.171. The van der Waals surface area contributed by atoms with Gasteiger partial charge in [0.05, 0.1) is 5.69 Å². The number of benzene rings is 1. The summed E-state index contributed by atoms with van der Waals surface area (Å²) in [6.07, 6.45) is 5.82. The topological polar surface area (TPSA) is 87.9 Å². The number of rotatable bonds is 5. The molecule has 6 nitrogen and oxygen atoms in total. The maximum atomic E-state index is 12.2. The van der Waals surface area contributed by atoms with Crippen molar-refractivity contribution in [3.8, 4) is 22.6 Å². The summed E-state index contributed by atoms with van der Waals surface area (Å²) < 4.78 is 0. The van der Waals surface area contributed by atoms with E-state index < -0.39 is 0 Å². The molecule has 4 rings (SSSR count). The van der Waals surface area contributed by atoms with Gasteiger partial charge in [-0.1, -0.05) is 18.2 Å². The van der Waals surface area contributed by atoms with Crippen molar-refractivity contribution in [3.63, 3.8) is 0 Å². The summed E-state index contributed by atoms with van der Waals surface area (Å²) in [5, 5.41) is 0. The van der Waals surface area contributed by atoms with Crippen molar-refractivity contribution >= 4 is 0 Å². The van der Waals surface area contributed by atoms with E-state index >= 15 is 0 Å². The number of aromatic amines is 1. The van der Waals surface area contributed by atoms with E-state index in [1.54, 1.807) is 12.4 Å². The molecule has 3 heterocycles. The Balaban J connectivity index is 1.59. The quantitative estimate of drug-likeness (QED) is 0.716. The fourth-order valence-corrected chi connectivity index (χ4v) is 3.83. The zero-order chi connectivity index (χ0) is 19.3. The molecular weight excluding hydrogens is 350 g/mol. The van der Waals surface area contributed by atoms with Gasteiger partial charge in [-0.3, -0.25) is 14.7 Å². The lowest BCUT2D eigenvalue weighted by Crippen LogP contribution is -2.37. The molecule has 1 aromatic carbocycles. The minimum atomic E-state index is -0.163. The van der Waals surface area contributed by atoms with Crippen molar-refractivity contribution in [2.75, 3.05) is 19.6 Å². The van der Waals surface area contributed by atoms with Crippen LogP contribution in [0.3, 0.4) is 0 Å². The van der Waals surface area contributed by atoms with Crippen molar-refractivity contribution < 1.29 is 0 Å². The van der Waals surface area contributed by atoms with Gasteiger partial charge in [-0.25, -0.2) is 4.98 Å². The molecule has 0 spiro atoms. The molecule has 3 aromatic rings. The number of pyridine rings is 1. The zero-order valence-electron chi connectivity index (χ0n) is 15.8. The molecule has 28 heavy (non-hydrogen) atoms. The maximum absolute atomic E-state index is 12.2. The maximum Gasteiger partial charge on any atom is 0.251 e. The van der Waals surface area contributed by atoms with E-state index in [4.69, 9.17) is 5.73 Å². The number of hydrogen-bond acceptors (Lipinski definition) is 5. The van der Waals surface area contributed by atoms with Crippen LogP contribution in [0.25, 0.3) is 22.6 Å². The molecular formula is C22H25N5O. The highest BCUT2D eigenvalue weighted by Gasteiger charge is 2.18. The molecule has 1 aliphatic heterocycles. The van der Waals surface area contributed by atoms with Crippen LogP contribution in [0.4, 0.5) is 0 Å². The highest BCUT2D eigenvalue weighted by atomic mass is 16.1. The Bertz CT molecular complexity index is 985. The van der Waals surface area contributed by atoms with Crippen LogP contribution < -0.4 is 11.3 Å². The SMILES string of the molecule is NCC1CCCN(Cc2cccc(-c3nc(-c4ccncc4)cc(=O)[nH]3)c2)C1. The van der Waals surface area contributed by atoms with Gasteiger partial charge < -0.3 is 10.7 Å². The largest absolute Gasteiger partial charge is 0.330 e. The van der Waals surface area contributed by atoms with Gasteiger partial charge in [-0.2, -0.15) is 0 Å². The van der Waals surface area contributed by atoms with Gasteiger partial charge in [-0.05, 0) is 55.6 Å². The molecule has 0 radical (unpaired) electrons. The molecule has 1 atom stereocenters. The second kappa shape index (κ2) is 8.46. The molecule has 6 heteroatoms. The highest BCUT2D eigenvalue weighted by molar-refractivity contribution is 5.63. The van der Waals surface area contributed by atoms with Gasteiger partial charge in [-0.15, -0.1) is 0 Å². The first kappa shape index (κ1) is 18.5. The number of piperidine rings is 1. The number of aromatic nitrogens is 3. The fourth-order valence-electron chi connectivity index (χ4n) is 3.83. The van der Waals surface area contributed by atoms with Crippen molar-refractivity contribution in [1.29, 1.82) is 0 Å². The van der Waals surface area contributed by atoms with Crippen LogP contribution in [-0.4, -0.2) is 39.5 Å². The normalized spacial score (nSPS) is 17.5. The lowest BCUT2D eigenvalue weighted by Gasteiger charge is -2.32. The minimum Gasteiger partial charge on any atom is -0.330 e. The first-order chi connectivity index (χ1) is 13.7. The summed E-state index contributed by atoms with van der Waals surface area (Å²) >= 11 is 0. The van der Waals surface area contributed by atoms with E-state index in [9.17, 15) is 4.79 Å². The Labute approximate surface area is 164 Å². The summed E-state index contributed by atoms with van der Waals surface area (Å²) in [6, 6.07) is 13.5. The highest BCUT2D eigenvalue weighted by Crippen LogP contribution is 2.22. The minimum absolute atomic E-state index is 0.163. The van der Waals surface area contributed by atoms with Crippen molar-refractivity contribution in [1.82, 2.24) is 19.9 Å². The molecule has 0 saturated carbocycles. The molecule has 2 aromatic heterocycles. The Morgan fingerprint density at radius 2 is 2.00 bits per heavy atom. The molecule has 1 saturated heterocycles. The molecule has 0 aliphatic carbocycles. The van der Waals surface area contributed by atoms with Crippen molar-refractivity contribution in [3.05, 3.63) is 70.8 Å². The van der Waals surface area contributed by atoms with E-state index in [2.05, 4.69) is 32.0 Å². The van der Waals surface area contributed by atoms with Gasteiger partial charge in [0.15, 0.2) is 0 Å². The summed E-state index contributed by atoms with van der Waals surface area (Å²) in [6.45, 7) is 3.79. The predicted molar refractivity (Wildman–Crippen MR) is 111 cm³/mol. The summed E-state index contributed by atoms with van der Waals surface area (Å²) in [5.41, 5.74) is 9.35. The number of nitrogens with one attached hydrogen (secondary N) is 1. The molecule has 1 aliphatic rings. The molecule has 1 fully saturated rings. The van der Waals surface area contributed by atoms with Gasteiger partial charge in [0.2, 0.25) is 0 Å². The average molecular weight is 375 g/mol. The van der Waals surface area contributed by atoms with Crippen LogP contribution in [-0.2, 0) is 6.54 Å². The first-order valence-corrected chi connectivity index (χ1v) is 9.75. The lowest BCUT2D eigenvalue weighted by atomic mass is 9.97. The third-order valence-corrected chi connectivity index (χ3v) is 5.26. The Hall–Kier alpha value is -2.83. The fraction of sp³-hybridized carbons (Fsp3) is 0.318. The van der Waals surface area contributed by atoms with Gasteiger partial charge in [0.1, 0.15) is 5.82 Å². The van der Waals surface area contributed by atoms with E-state index in [0.717, 1.165) is 37.3 Å². The third kappa shape index (κ3) is 4.35. The van der Waals surface area contributed by atoms with E-state index in [1.807, 2.05) is 24.3 Å². The van der Waals surface area contributed by atoms with Gasteiger partial charge in [0.25, 0.3) is 5.56 Å². The van der Waals surface area contributed by atoms with E-state index in [1.165, 1.54) is 24.5 Å². The van der Waals surface area contributed by atoms with E-state index in [0.29, 0.717) is 17.4 Å². The van der Waals surface area contributed by atoms with Gasteiger partial charge in [0, 0.05) is 42.7 Å². The Morgan fingerprint density at radius 1 is 1.14 bits per heavy atom. The summed E-state index contributed by atoms with van der Waals surface area (Å²) in [4.78, 5) is 26.2. The average Bonchev–Trinajstić information content (AvgIpc) is 2.74. The number of nitrogens with two attached hydrogens (primary N) is 1.